The first kappa shape index (κ1) is 28.9. The Bertz CT molecular complexity index is 976. The molecule has 2 aromatic carbocycles. The van der Waals surface area contributed by atoms with Gasteiger partial charge in [-0.25, -0.2) is 8.78 Å². The van der Waals surface area contributed by atoms with E-state index in [9.17, 15) is 22.0 Å². The first-order chi connectivity index (χ1) is 18.2. The molecule has 0 unspecified atom stereocenters. The first-order valence-electron chi connectivity index (χ1n) is 14.5. The first-order valence-corrected chi connectivity index (χ1v) is 14.5. The molecule has 2 aliphatic rings. The number of halogens is 5. The Hall–Kier alpha value is -2.11. The van der Waals surface area contributed by atoms with Crippen LogP contribution in [0.25, 0.3) is 11.1 Å². The van der Waals surface area contributed by atoms with Crippen LogP contribution in [0.1, 0.15) is 96.0 Å². The van der Waals surface area contributed by atoms with Crippen molar-refractivity contribution < 1.29 is 26.7 Å². The molecular weight excluding hydrogens is 495 g/mol. The van der Waals surface area contributed by atoms with Crippen molar-refractivity contribution in [1.29, 1.82) is 0 Å². The van der Waals surface area contributed by atoms with Gasteiger partial charge in [0.25, 0.3) is 0 Å². The fraction of sp³-hybridized carbons (Fsp3) is 0.625. The van der Waals surface area contributed by atoms with Crippen LogP contribution < -0.4 is 4.74 Å². The Morgan fingerprint density at radius 3 is 1.68 bits per heavy atom. The van der Waals surface area contributed by atoms with Gasteiger partial charge >= 0.3 is 6.36 Å². The highest BCUT2D eigenvalue weighted by Gasteiger charge is 2.31. The number of rotatable bonds is 10. The summed E-state index contributed by atoms with van der Waals surface area (Å²) in [6.45, 7) is 2.38. The smallest absolute Gasteiger partial charge is 0.406 e. The van der Waals surface area contributed by atoms with Crippen molar-refractivity contribution in [2.45, 2.75) is 103 Å². The highest BCUT2D eigenvalue weighted by atomic mass is 19.4. The maximum atomic E-state index is 14.8. The summed E-state index contributed by atoms with van der Waals surface area (Å²) in [5, 5.41) is 0. The van der Waals surface area contributed by atoms with Crippen molar-refractivity contribution in [2.75, 3.05) is 0 Å². The molecule has 2 fully saturated rings. The fourth-order valence-electron chi connectivity index (χ4n) is 6.53. The van der Waals surface area contributed by atoms with Gasteiger partial charge in [0, 0.05) is 0 Å². The molecule has 6 heteroatoms. The SMILES string of the molecule is CC1CCC(CCCCC2CCC(CCc3cc(F)c(-c4ccc(OC(F)(F)F)cc4)c(F)c3)CC2)CC1. The lowest BCUT2D eigenvalue weighted by Crippen LogP contribution is -2.16. The predicted octanol–water partition coefficient (Wildman–Crippen LogP) is 10.7. The minimum atomic E-state index is -4.81. The quantitative estimate of drug-likeness (QED) is 0.217. The third-order valence-electron chi connectivity index (χ3n) is 8.90. The van der Waals surface area contributed by atoms with Crippen LogP contribution in [0.4, 0.5) is 22.0 Å². The summed E-state index contributed by atoms with van der Waals surface area (Å²) in [7, 11) is 0. The lowest BCUT2D eigenvalue weighted by Gasteiger charge is -2.29. The molecule has 0 amide bonds. The predicted molar refractivity (Wildman–Crippen MR) is 142 cm³/mol. The van der Waals surface area contributed by atoms with Crippen LogP contribution in [0.5, 0.6) is 5.75 Å². The minimum Gasteiger partial charge on any atom is -0.406 e. The number of aryl methyl sites for hydroxylation is 1. The van der Waals surface area contributed by atoms with Crippen LogP contribution in [0.3, 0.4) is 0 Å². The second-order valence-electron chi connectivity index (χ2n) is 11.8. The van der Waals surface area contributed by atoms with Gasteiger partial charge in [0.1, 0.15) is 17.4 Å². The van der Waals surface area contributed by atoms with Crippen molar-refractivity contribution in [3.05, 3.63) is 53.6 Å². The van der Waals surface area contributed by atoms with Crippen molar-refractivity contribution >= 4 is 0 Å². The number of alkyl halides is 3. The topological polar surface area (TPSA) is 9.23 Å². The van der Waals surface area contributed by atoms with Gasteiger partial charge in [-0.3, -0.25) is 0 Å². The highest BCUT2D eigenvalue weighted by Crippen LogP contribution is 2.36. The summed E-state index contributed by atoms with van der Waals surface area (Å²) in [5.41, 5.74) is 0.568. The average Bonchev–Trinajstić information content (AvgIpc) is 2.87. The van der Waals surface area contributed by atoms with Crippen molar-refractivity contribution in [3.8, 4) is 16.9 Å². The molecule has 2 saturated carbocycles. The van der Waals surface area contributed by atoms with E-state index >= 15 is 0 Å². The number of benzene rings is 2. The molecule has 2 aromatic rings. The molecule has 4 rings (SSSR count). The Balaban J connectivity index is 1.18. The molecule has 210 valence electrons. The van der Waals surface area contributed by atoms with E-state index in [0.29, 0.717) is 17.9 Å². The summed E-state index contributed by atoms with van der Waals surface area (Å²) in [6.07, 6.45) is 12.8. The zero-order chi connectivity index (χ0) is 27.1. The Morgan fingerprint density at radius 1 is 0.711 bits per heavy atom. The normalized spacial score (nSPS) is 24.4. The molecule has 38 heavy (non-hydrogen) atoms. The molecule has 0 bridgehead atoms. The van der Waals surface area contributed by atoms with Gasteiger partial charge in [0.15, 0.2) is 0 Å². The molecule has 0 heterocycles. The second kappa shape index (κ2) is 13.3. The third-order valence-corrected chi connectivity index (χ3v) is 8.90. The Labute approximate surface area is 224 Å². The van der Waals surface area contributed by atoms with Crippen LogP contribution in [0.2, 0.25) is 0 Å². The summed E-state index contributed by atoms with van der Waals surface area (Å²) in [5.74, 6) is 1.50. The molecule has 0 aromatic heterocycles. The Kier molecular flexibility index (Phi) is 10.1. The molecule has 1 nitrogen and oxygen atoms in total. The van der Waals surface area contributed by atoms with Gasteiger partial charge in [-0.05, 0) is 71.9 Å². The van der Waals surface area contributed by atoms with Crippen LogP contribution >= 0.6 is 0 Å². The van der Waals surface area contributed by atoms with Gasteiger partial charge < -0.3 is 4.74 Å². The van der Waals surface area contributed by atoms with Crippen LogP contribution in [-0.2, 0) is 6.42 Å². The monoisotopic (exact) mass is 536 g/mol. The lowest BCUT2D eigenvalue weighted by molar-refractivity contribution is -0.274. The number of hydrogen-bond donors (Lipinski definition) is 0. The van der Waals surface area contributed by atoms with Crippen LogP contribution in [0.15, 0.2) is 36.4 Å². The molecule has 0 atom stereocenters. The third kappa shape index (κ3) is 8.71. The van der Waals surface area contributed by atoms with Crippen LogP contribution in [-0.4, -0.2) is 6.36 Å². The molecule has 0 saturated heterocycles. The second-order valence-corrected chi connectivity index (χ2v) is 11.8. The van der Waals surface area contributed by atoms with Crippen molar-refractivity contribution in [2.24, 2.45) is 23.7 Å². The molecule has 0 N–H and O–H groups in total. The molecule has 2 aliphatic carbocycles. The highest BCUT2D eigenvalue weighted by molar-refractivity contribution is 5.66. The van der Waals surface area contributed by atoms with E-state index in [1.54, 1.807) is 0 Å². The van der Waals surface area contributed by atoms with E-state index in [2.05, 4.69) is 11.7 Å². The average molecular weight is 537 g/mol. The number of ether oxygens (including phenoxy) is 1. The van der Waals surface area contributed by atoms with E-state index in [4.69, 9.17) is 0 Å². The zero-order valence-corrected chi connectivity index (χ0v) is 22.5. The van der Waals surface area contributed by atoms with Crippen molar-refractivity contribution in [1.82, 2.24) is 0 Å². The summed E-state index contributed by atoms with van der Waals surface area (Å²) in [6, 6.07) is 7.30. The molecular formula is C32H41F5O. The summed E-state index contributed by atoms with van der Waals surface area (Å²) in [4.78, 5) is 0. The fourth-order valence-corrected chi connectivity index (χ4v) is 6.53. The van der Waals surface area contributed by atoms with E-state index in [1.807, 2.05) is 0 Å². The van der Waals surface area contributed by atoms with E-state index < -0.39 is 23.7 Å². The maximum Gasteiger partial charge on any atom is 0.573 e. The van der Waals surface area contributed by atoms with Gasteiger partial charge in [0.2, 0.25) is 0 Å². The molecule has 0 radical (unpaired) electrons. The standard InChI is InChI=1S/C32H41F5O/c1-22-6-8-23(9-7-22)4-2-3-5-24-10-12-25(13-11-24)14-15-26-20-29(33)31(30(34)21-26)27-16-18-28(19-17-27)38-32(35,36)37/h16-25H,2-15H2,1H3. The van der Waals surface area contributed by atoms with E-state index in [0.717, 1.165) is 36.3 Å². The number of hydrogen-bond acceptors (Lipinski definition) is 1. The van der Waals surface area contributed by atoms with Gasteiger partial charge in [-0.1, -0.05) is 96.1 Å². The molecule has 0 aliphatic heterocycles. The summed E-state index contributed by atoms with van der Waals surface area (Å²) >= 11 is 0. The minimum absolute atomic E-state index is 0.174. The summed E-state index contributed by atoms with van der Waals surface area (Å²) < 4.78 is 70.5. The number of unbranched alkanes of at least 4 members (excludes halogenated alkanes) is 1. The van der Waals surface area contributed by atoms with Gasteiger partial charge in [-0.2, -0.15) is 0 Å². The zero-order valence-electron chi connectivity index (χ0n) is 22.5. The maximum absolute atomic E-state index is 14.8. The van der Waals surface area contributed by atoms with Gasteiger partial charge in [-0.15, -0.1) is 13.2 Å². The Morgan fingerprint density at radius 2 is 1.18 bits per heavy atom. The van der Waals surface area contributed by atoms with E-state index in [-0.39, 0.29) is 11.1 Å². The largest absolute Gasteiger partial charge is 0.573 e. The van der Waals surface area contributed by atoms with Crippen molar-refractivity contribution in [3.63, 3.8) is 0 Å². The molecule has 0 spiro atoms. The lowest BCUT2D eigenvalue weighted by atomic mass is 9.77. The van der Waals surface area contributed by atoms with Gasteiger partial charge in [0.05, 0.1) is 5.56 Å². The van der Waals surface area contributed by atoms with Crippen LogP contribution in [0, 0.1) is 35.3 Å². The van der Waals surface area contributed by atoms with E-state index in [1.165, 1.54) is 101 Å².